The van der Waals surface area contributed by atoms with Crippen molar-refractivity contribution in [2.75, 3.05) is 31.1 Å². The molecule has 2 saturated heterocycles. The quantitative estimate of drug-likeness (QED) is 0.117. The van der Waals surface area contributed by atoms with Crippen LogP contribution in [0.2, 0.25) is 0 Å². The highest BCUT2D eigenvalue weighted by atomic mass is 16.5. The van der Waals surface area contributed by atoms with E-state index in [0.717, 1.165) is 16.7 Å². The monoisotopic (exact) mass is 724 g/mol. The summed E-state index contributed by atoms with van der Waals surface area (Å²) in [7, 11) is 4.73. The summed E-state index contributed by atoms with van der Waals surface area (Å²) in [5.74, 6) is -2.99. The van der Waals surface area contributed by atoms with Crippen molar-refractivity contribution in [3.8, 4) is 23.0 Å². The zero-order valence-corrected chi connectivity index (χ0v) is 30.4. The summed E-state index contributed by atoms with van der Waals surface area (Å²) in [6.07, 6.45) is 6.29. The number of hydrogen-bond acceptors (Lipinski definition) is 8. The van der Waals surface area contributed by atoms with E-state index in [9.17, 15) is 24.3 Å². The molecule has 0 radical (unpaired) electrons. The minimum absolute atomic E-state index is 0.0442. The molecule has 10 nitrogen and oxygen atoms in total. The van der Waals surface area contributed by atoms with Gasteiger partial charge in [-0.1, -0.05) is 54.1 Å². The lowest BCUT2D eigenvalue weighted by Gasteiger charge is -2.49. The fraction of sp³-hybridized carbons (Fsp3) is 0.273. The number of anilines is 2. The third-order valence-corrected chi connectivity index (χ3v) is 11.9. The smallest absolute Gasteiger partial charge is 0.241 e. The Bertz CT molecular complexity index is 2250. The molecule has 4 aromatic rings. The molecule has 54 heavy (non-hydrogen) atoms. The first-order chi connectivity index (χ1) is 26.1. The van der Waals surface area contributed by atoms with Gasteiger partial charge in [0.15, 0.2) is 0 Å². The molecule has 2 heterocycles. The van der Waals surface area contributed by atoms with E-state index in [-0.39, 0.29) is 42.2 Å². The molecule has 4 amide bonds. The second kappa shape index (κ2) is 13.4. The summed E-state index contributed by atoms with van der Waals surface area (Å²) in [5, 5.41) is 11.4. The lowest BCUT2D eigenvalue weighted by molar-refractivity contribution is -0.131. The van der Waals surface area contributed by atoms with Crippen LogP contribution in [0.3, 0.4) is 0 Å². The number of carbonyl (C=O) groups excluding carboxylic acids is 4. The van der Waals surface area contributed by atoms with Gasteiger partial charge < -0.3 is 19.3 Å². The van der Waals surface area contributed by atoms with Crippen molar-refractivity contribution in [1.82, 2.24) is 0 Å². The molecular formula is C44H40N2O8. The lowest BCUT2D eigenvalue weighted by Crippen LogP contribution is -2.48. The zero-order chi connectivity index (χ0) is 37.9. The third kappa shape index (κ3) is 5.30. The minimum Gasteiger partial charge on any atom is -0.508 e. The first kappa shape index (κ1) is 34.9. The van der Waals surface area contributed by atoms with E-state index in [1.807, 2.05) is 54.6 Å². The Labute approximate surface area is 313 Å². The molecule has 4 aliphatic rings. The van der Waals surface area contributed by atoms with Gasteiger partial charge in [-0.25, -0.2) is 4.90 Å². The van der Waals surface area contributed by atoms with Gasteiger partial charge in [0.2, 0.25) is 23.6 Å². The molecule has 2 aliphatic carbocycles. The van der Waals surface area contributed by atoms with Crippen LogP contribution in [0.15, 0.2) is 103 Å². The maximum absolute atomic E-state index is 14.6. The van der Waals surface area contributed by atoms with E-state index in [4.69, 9.17) is 14.2 Å². The van der Waals surface area contributed by atoms with Crippen molar-refractivity contribution >= 4 is 47.2 Å². The maximum Gasteiger partial charge on any atom is 0.241 e. The standard InChI is InChI=1S/C44H40N2O8/c1-44-35(41(49)46(43(44)51)27-8-6-5-7-9-27)24-33-31(39(44)34-23-30(53-3)16-20-36(34)47)18-19-32-38(33)42(50)45(40(32)48)28-14-11-25(12-15-28)10-13-26-22-29(52-2)17-21-37(26)54-4/h5-18,20-23,32-33,35,38-39,47H,19,24H2,1-4H3/t32-,33+,35-,38-,39+,44+/m0/s1. The molecule has 10 heteroatoms. The SMILES string of the molecule is COc1ccc(OC)c(C=Cc2ccc(N3C(=O)[C@H]4[C@H](CC=C5[C@H]4C[C@H]4C(=O)N(c6ccccc6)C(=O)[C@@]4(C)[C@H]5c4cc(OC)ccc4O)C3=O)cc2)c1. The molecule has 274 valence electrons. The largest absolute Gasteiger partial charge is 0.508 e. The van der Waals surface area contributed by atoms with Gasteiger partial charge in [-0.3, -0.25) is 24.1 Å². The van der Waals surface area contributed by atoms with Crippen molar-refractivity contribution in [1.29, 1.82) is 0 Å². The van der Waals surface area contributed by atoms with E-state index in [2.05, 4.69) is 0 Å². The van der Waals surface area contributed by atoms with E-state index in [1.165, 1.54) is 23.0 Å². The Morgan fingerprint density at radius 3 is 2.11 bits per heavy atom. The fourth-order valence-corrected chi connectivity index (χ4v) is 9.22. The Hall–Kier alpha value is -6.16. The Kier molecular flexibility index (Phi) is 8.63. The van der Waals surface area contributed by atoms with E-state index < -0.39 is 35.0 Å². The molecule has 1 N–H and O–H groups in total. The topological polar surface area (TPSA) is 123 Å². The van der Waals surface area contributed by atoms with E-state index in [0.29, 0.717) is 34.2 Å². The number of carbonyl (C=O) groups is 4. The van der Waals surface area contributed by atoms with Crippen LogP contribution in [-0.2, 0) is 19.2 Å². The van der Waals surface area contributed by atoms with Gasteiger partial charge in [-0.15, -0.1) is 0 Å². The average Bonchev–Trinajstić information content (AvgIpc) is 3.57. The van der Waals surface area contributed by atoms with Crippen LogP contribution >= 0.6 is 0 Å². The van der Waals surface area contributed by atoms with Crippen LogP contribution in [0.1, 0.15) is 42.4 Å². The highest BCUT2D eigenvalue weighted by molar-refractivity contribution is 6.25. The highest BCUT2D eigenvalue weighted by Gasteiger charge is 2.68. The first-order valence-electron chi connectivity index (χ1n) is 18.0. The number of phenols is 1. The summed E-state index contributed by atoms with van der Waals surface area (Å²) in [6, 6.07) is 26.4. The highest BCUT2D eigenvalue weighted by Crippen LogP contribution is 2.64. The summed E-state index contributed by atoms with van der Waals surface area (Å²) < 4.78 is 16.4. The van der Waals surface area contributed by atoms with Crippen LogP contribution < -0.4 is 24.0 Å². The number of phenolic OH excluding ortho intramolecular Hbond substituents is 1. The molecule has 0 bridgehead atoms. The van der Waals surface area contributed by atoms with Crippen LogP contribution in [0.25, 0.3) is 12.2 Å². The second-order valence-corrected chi connectivity index (χ2v) is 14.5. The summed E-state index contributed by atoms with van der Waals surface area (Å²) in [4.78, 5) is 60.2. The number of benzene rings is 4. The van der Waals surface area contributed by atoms with Gasteiger partial charge in [0.25, 0.3) is 0 Å². The van der Waals surface area contributed by atoms with Crippen LogP contribution in [0, 0.1) is 29.1 Å². The molecule has 0 unspecified atom stereocenters. The molecular weight excluding hydrogens is 684 g/mol. The number of imide groups is 2. The first-order valence-corrected chi connectivity index (χ1v) is 18.0. The van der Waals surface area contributed by atoms with Crippen molar-refractivity contribution in [3.05, 3.63) is 119 Å². The van der Waals surface area contributed by atoms with Crippen LogP contribution in [0.4, 0.5) is 11.4 Å². The Morgan fingerprint density at radius 1 is 0.722 bits per heavy atom. The van der Waals surface area contributed by atoms with E-state index in [1.54, 1.807) is 69.7 Å². The van der Waals surface area contributed by atoms with Crippen molar-refractivity contribution < 1.29 is 38.5 Å². The number of hydrogen-bond donors (Lipinski definition) is 1. The number of nitrogens with zero attached hydrogens (tertiary/aromatic N) is 2. The Morgan fingerprint density at radius 2 is 1.41 bits per heavy atom. The number of aromatic hydroxyl groups is 1. The maximum atomic E-state index is 14.6. The predicted molar refractivity (Wildman–Crippen MR) is 203 cm³/mol. The van der Waals surface area contributed by atoms with Gasteiger partial charge in [0, 0.05) is 17.0 Å². The van der Waals surface area contributed by atoms with Crippen LogP contribution in [0.5, 0.6) is 23.0 Å². The zero-order valence-electron chi connectivity index (χ0n) is 30.4. The molecule has 4 aromatic carbocycles. The molecule has 0 spiro atoms. The fourth-order valence-electron chi connectivity index (χ4n) is 9.22. The predicted octanol–water partition coefficient (Wildman–Crippen LogP) is 7.02. The van der Waals surface area contributed by atoms with Crippen molar-refractivity contribution in [2.24, 2.45) is 29.1 Å². The van der Waals surface area contributed by atoms with Crippen molar-refractivity contribution in [2.45, 2.75) is 25.7 Å². The average molecular weight is 725 g/mol. The number of ether oxygens (including phenoxy) is 3. The molecule has 1 saturated carbocycles. The molecule has 2 aliphatic heterocycles. The lowest BCUT2D eigenvalue weighted by atomic mass is 9.51. The van der Waals surface area contributed by atoms with Gasteiger partial charge in [0.05, 0.1) is 55.9 Å². The molecule has 8 rings (SSSR count). The summed E-state index contributed by atoms with van der Waals surface area (Å²) >= 11 is 0. The Balaban J connectivity index is 1.14. The number of methoxy groups -OCH3 is 3. The molecule has 3 fully saturated rings. The third-order valence-electron chi connectivity index (χ3n) is 11.9. The summed E-state index contributed by atoms with van der Waals surface area (Å²) in [5.41, 5.74) is 2.55. The number of para-hydroxylation sites is 1. The number of allylic oxidation sites excluding steroid dienone is 2. The number of amides is 4. The minimum atomic E-state index is -1.28. The molecule has 0 aromatic heterocycles. The normalized spacial score (nSPS) is 26.1. The van der Waals surface area contributed by atoms with Crippen molar-refractivity contribution in [3.63, 3.8) is 0 Å². The van der Waals surface area contributed by atoms with E-state index >= 15 is 0 Å². The summed E-state index contributed by atoms with van der Waals surface area (Å²) in [6.45, 7) is 1.79. The van der Waals surface area contributed by atoms with Gasteiger partial charge in [-0.05, 0) is 91.9 Å². The van der Waals surface area contributed by atoms with Gasteiger partial charge in [0.1, 0.15) is 23.0 Å². The molecule has 6 atom stereocenters. The van der Waals surface area contributed by atoms with Gasteiger partial charge in [-0.2, -0.15) is 0 Å². The second-order valence-electron chi connectivity index (χ2n) is 14.5. The number of fused-ring (bicyclic) bond motifs is 4. The van der Waals surface area contributed by atoms with Gasteiger partial charge >= 0.3 is 0 Å². The number of rotatable bonds is 8. The van der Waals surface area contributed by atoms with Crippen LogP contribution in [-0.4, -0.2) is 50.1 Å².